The molecule has 2 atom stereocenters. The minimum absolute atomic E-state index is 0.234. The minimum atomic E-state index is -2.86. The standard InChI is InChI=1S/C12H28N2O2S/c1-10(2)13-9-11(3)12(4)14(5)7-8-17(6,15)16/h10-13H,7-9H2,1-6H3. The Balaban J connectivity index is 4.06. The summed E-state index contributed by atoms with van der Waals surface area (Å²) >= 11 is 0. The van der Waals surface area contributed by atoms with E-state index in [4.69, 9.17) is 0 Å². The van der Waals surface area contributed by atoms with Gasteiger partial charge in [0, 0.05) is 24.9 Å². The zero-order valence-corrected chi connectivity index (χ0v) is 12.8. The minimum Gasteiger partial charge on any atom is -0.314 e. The highest BCUT2D eigenvalue weighted by atomic mass is 32.2. The lowest BCUT2D eigenvalue weighted by molar-refractivity contribution is 0.203. The molecule has 0 radical (unpaired) electrons. The highest BCUT2D eigenvalue weighted by Gasteiger charge is 2.18. The second-order valence-electron chi connectivity index (χ2n) is 5.39. The maximum absolute atomic E-state index is 11.1. The summed E-state index contributed by atoms with van der Waals surface area (Å²) in [7, 11) is -0.874. The van der Waals surface area contributed by atoms with Gasteiger partial charge in [-0.25, -0.2) is 8.42 Å². The van der Waals surface area contributed by atoms with E-state index in [-0.39, 0.29) is 5.75 Å². The maximum atomic E-state index is 11.1. The van der Waals surface area contributed by atoms with Crippen LogP contribution < -0.4 is 5.32 Å². The Labute approximate surface area is 107 Å². The fraction of sp³-hybridized carbons (Fsp3) is 1.00. The molecule has 0 heterocycles. The van der Waals surface area contributed by atoms with Crippen LogP contribution in [0.25, 0.3) is 0 Å². The summed E-state index contributed by atoms with van der Waals surface area (Å²) in [5.74, 6) is 0.736. The lowest BCUT2D eigenvalue weighted by Crippen LogP contribution is -2.42. The first kappa shape index (κ1) is 16.9. The topological polar surface area (TPSA) is 49.4 Å². The quantitative estimate of drug-likeness (QED) is 0.710. The van der Waals surface area contributed by atoms with Crippen molar-refractivity contribution in [2.24, 2.45) is 5.92 Å². The molecule has 104 valence electrons. The Bertz CT molecular complexity index is 302. The van der Waals surface area contributed by atoms with Gasteiger partial charge in [0.25, 0.3) is 0 Å². The molecule has 0 bridgehead atoms. The van der Waals surface area contributed by atoms with Gasteiger partial charge in [0.2, 0.25) is 0 Å². The van der Waals surface area contributed by atoms with Crippen LogP contribution in [0.15, 0.2) is 0 Å². The molecule has 0 rings (SSSR count). The molecular weight excluding hydrogens is 236 g/mol. The molecular formula is C12H28N2O2S. The molecule has 0 aromatic carbocycles. The summed E-state index contributed by atoms with van der Waals surface area (Å²) in [6.45, 7) is 10.2. The van der Waals surface area contributed by atoms with Gasteiger partial charge in [0.1, 0.15) is 9.84 Å². The zero-order chi connectivity index (χ0) is 13.6. The molecule has 0 amide bonds. The fourth-order valence-corrected chi connectivity index (χ4v) is 2.16. The van der Waals surface area contributed by atoms with E-state index in [0.29, 0.717) is 24.5 Å². The van der Waals surface area contributed by atoms with Crippen LogP contribution in [0.4, 0.5) is 0 Å². The molecule has 0 saturated heterocycles. The molecule has 0 fully saturated rings. The molecule has 0 aromatic heterocycles. The number of hydrogen-bond acceptors (Lipinski definition) is 4. The second kappa shape index (κ2) is 7.34. The van der Waals surface area contributed by atoms with Crippen LogP contribution in [0, 0.1) is 5.92 Å². The van der Waals surface area contributed by atoms with E-state index in [0.717, 1.165) is 6.54 Å². The molecule has 2 unspecified atom stereocenters. The first-order valence-corrected chi connectivity index (χ1v) is 8.31. The first-order chi connectivity index (χ1) is 7.63. The second-order valence-corrected chi connectivity index (χ2v) is 7.65. The third-order valence-corrected chi connectivity index (χ3v) is 4.11. The lowest BCUT2D eigenvalue weighted by atomic mass is 10.0. The van der Waals surface area contributed by atoms with Gasteiger partial charge in [0.15, 0.2) is 0 Å². The number of rotatable bonds is 8. The summed E-state index contributed by atoms with van der Waals surface area (Å²) in [5, 5.41) is 3.41. The van der Waals surface area contributed by atoms with E-state index in [1.807, 2.05) is 7.05 Å². The van der Waals surface area contributed by atoms with E-state index in [1.54, 1.807) is 0 Å². The van der Waals surface area contributed by atoms with Crippen LogP contribution in [0.2, 0.25) is 0 Å². The van der Waals surface area contributed by atoms with Gasteiger partial charge >= 0.3 is 0 Å². The normalized spacial score (nSPS) is 16.5. The van der Waals surface area contributed by atoms with Crippen LogP contribution >= 0.6 is 0 Å². The Morgan fingerprint density at radius 1 is 1.18 bits per heavy atom. The van der Waals surface area contributed by atoms with Gasteiger partial charge < -0.3 is 10.2 Å². The average molecular weight is 264 g/mol. The molecule has 0 aliphatic carbocycles. The summed E-state index contributed by atoms with van der Waals surface area (Å²) in [6.07, 6.45) is 1.29. The van der Waals surface area contributed by atoms with Gasteiger partial charge in [0.05, 0.1) is 5.75 Å². The van der Waals surface area contributed by atoms with Crippen molar-refractivity contribution in [3.05, 3.63) is 0 Å². The smallest absolute Gasteiger partial charge is 0.148 e. The van der Waals surface area contributed by atoms with Crippen LogP contribution in [-0.2, 0) is 9.84 Å². The largest absolute Gasteiger partial charge is 0.314 e. The number of sulfone groups is 1. The third kappa shape index (κ3) is 8.57. The lowest BCUT2D eigenvalue weighted by Gasteiger charge is -2.30. The molecule has 4 nitrogen and oxygen atoms in total. The van der Waals surface area contributed by atoms with Gasteiger partial charge in [-0.15, -0.1) is 0 Å². The van der Waals surface area contributed by atoms with Gasteiger partial charge in [-0.1, -0.05) is 20.8 Å². The molecule has 5 heteroatoms. The monoisotopic (exact) mass is 264 g/mol. The Morgan fingerprint density at radius 3 is 2.12 bits per heavy atom. The van der Waals surface area contributed by atoms with Crippen molar-refractivity contribution in [1.82, 2.24) is 10.2 Å². The molecule has 0 aromatic rings. The SMILES string of the molecule is CC(C)NCC(C)C(C)N(C)CCS(C)(=O)=O. The van der Waals surface area contributed by atoms with Crippen LogP contribution in [0.5, 0.6) is 0 Å². The fourth-order valence-electron chi connectivity index (χ4n) is 1.54. The zero-order valence-electron chi connectivity index (χ0n) is 12.0. The number of nitrogens with one attached hydrogen (secondary N) is 1. The van der Waals surface area contributed by atoms with E-state index >= 15 is 0 Å². The van der Waals surface area contributed by atoms with Gasteiger partial charge in [-0.3, -0.25) is 0 Å². The van der Waals surface area contributed by atoms with Crippen molar-refractivity contribution in [3.8, 4) is 0 Å². The van der Waals surface area contributed by atoms with Crippen molar-refractivity contribution < 1.29 is 8.42 Å². The highest BCUT2D eigenvalue weighted by Crippen LogP contribution is 2.08. The maximum Gasteiger partial charge on any atom is 0.148 e. The van der Waals surface area contributed by atoms with E-state index in [9.17, 15) is 8.42 Å². The third-order valence-electron chi connectivity index (χ3n) is 3.18. The summed E-state index contributed by atoms with van der Waals surface area (Å²) in [6, 6.07) is 0.869. The van der Waals surface area contributed by atoms with Crippen molar-refractivity contribution >= 4 is 9.84 Å². The Morgan fingerprint density at radius 2 is 1.71 bits per heavy atom. The van der Waals surface area contributed by atoms with E-state index < -0.39 is 9.84 Å². The van der Waals surface area contributed by atoms with Gasteiger partial charge in [-0.2, -0.15) is 0 Å². The molecule has 0 spiro atoms. The number of nitrogens with zero attached hydrogens (tertiary/aromatic N) is 1. The van der Waals surface area contributed by atoms with E-state index in [1.165, 1.54) is 6.26 Å². The van der Waals surface area contributed by atoms with Crippen LogP contribution in [-0.4, -0.2) is 57.5 Å². The van der Waals surface area contributed by atoms with E-state index in [2.05, 4.69) is 37.9 Å². The van der Waals surface area contributed by atoms with Gasteiger partial charge in [-0.05, 0) is 26.4 Å². The molecule has 0 aliphatic rings. The Hall–Kier alpha value is -0.130. The summed E-state index contributed by atoms with van der Waals surface area (Å²) in [5.41, 5.74) is 0. The average Bonchev–Trinajstić information content (AvgIpc) is 2.20. The molecule has 17 heavy (non-hydrogen) atoms. The van der Waals surface area contributed by atoms with Crippen molar-refractivity contribution in [3.63, 3.8) is 0 Å². The predicted molar refractivity (Wildman–Crippen MR) is 74.1 cm³/mol. The predicted octanol–water partition coefficient (Wildman–Crippen LogP) is 0.985. The van der Waals surface area contributed by atoms with Crippen molar-refractivity contribution in [2.45, 2.75) is 39.8 Å². The molecule has 0 saturated carbocycles. The summed E-state index contributed by atoms with van der Waals surface area (Å²) in [4.78, 5) is 2.12. The van der Waals surface area contributed by atoms with Crippen molar-refractivity contribution in [2.75, 3.05) is 32.1 Å². The highest BCUT2D eigenvalue weighted by molar-refractivity contribution is 7.90. The Kier molecular flexibility index (Phi) is 7.28. The summed E-state index contributed by atoms with van der Waals surface area (Å²) < 4.78 is 22.2. The van der Waals surface area contributed by atoms with Crippen LogP contribution in [0.3, 0.4) is 0 Å². The first-order valence-electron chi connectivity index (χ1n) is 6.25. The number of hydrogen-bond donors (Lipinski definition) is 1. The van der Waals surface area contributed by atoms with Crippen LogP contribution in [0.1, 0.15) is 27.7 Å². The molecule has 1 N–H and O–H groups in total. The van der Waals surface area contributed by atoms with Crippen molar-refractivity contribution in [1.29, 1.82) is 0 Å². The molecule has 0 aliphatic heterocycles.